The molecule has 3 aromatic heterocycles. The molecule has 138 valence electrons. The van der Waals surface area contributed by atoms with Crippen LogP contribution < -0.4 is 5.76 Å². The molecule has 5 rings (SSSR count). The van der Waals surface area contributed by atoms with E-state index in [9.17, 15) is 4.79 Å². The second kappa shape index (κ2) is 7.03. The molecule has 1 saturated heterocycles. The van der Waals surface area contributed by atoms with Gasteiger partial charge in [0.05, 0.1) is 20.1 Å². The summed E-state index contributed by atoms with van der Waals surface area (Å²) in [5.41, 5.74) is 1.09. The van der Waals surface area contributed by atoms with Crippen LogP contribution in [0.3, 0.4) is 0 Å². The van der Waals surface area contributed by atoms with Crippen molar-refractivity contribution in [1.29, 1.82) is 0 Å². The Bertz CT molecular complexity index is 1070. The minimum absolute atomic E-state index is 0.397. The van der Waals surface area contributed by atoms with Gasteiger partial charge in [-0.25, -0.2) is 9.78 Å². The molecule has 0 bridgehead atoms. The average molecular weight is 399 g/mol. The van der Waals surface area contributed by atoms with Gasteiger partial charge in [-0.15, -0.1) is 27.8 Å². The van der Waals surface area contributed by atoms with Crippen molar-refractivity contribution in [3.63, 3.8) is 0 Å². The molecule has 8 heteroatoms. The van der Waals surface area contributed by atoms with Gasteiger partial charge in [-0.05, 0) is 36.4 Å². The Hall–Kier alpha value is -2.29. The topological polar surface area (TPSA) is 64.2 Å². The van der Waals surface area contributed by atoms with Gasteiger partial charge in [0.1, 0.15) is 6.67 Å². The Kier molecular flexibility index (Phi) is 4.39. The molecule has 1 aliphatic rings. The molecule has 0 aliphatic carbocycles. The van der Waals surface area contributed by atoms with Crippen LogP contribution in [0.25, 0.3) is 21.0 Å². The van der Waals surface area contributed by atoms with Gasteiger partial charge in [-0.1, -0.05) is 18.2 Å². The largest absolute Gasteiger partial charge is 0.438 e. The molecule has 6 nitrogen and oxygen atoms in total. The van der Waals surface area contributed by atoms with E-state index in [4.69, 9.17) is 9.40 Å². The SMILES string of the molecule is O=c1oc(-c2cccs2)nn1CN1CCC(c2nc3ccccc3s2)CC1. The van der Waals surface area contributed by atoms with Gasteiger partial charge in [0.2, 0.25) is 0 Å². The monoisotopic (exact) mass is 398 g/mol. The lowest BCUT2D eigenvalue weighted by molar-refractivity contribution is 0.157. The van der Waals surface area contributed by atoms with Crippen LogP contribution in [0.15, 0.2) is 51.0 Å². The first-order valence-corrected chi connectivity index (χ1v) is 10.7. The summed E-state index contributed by atoms with van der Waals surface area (Å²) < 4.78 is 7.97. The first-order valence-electron chi connectivity index (χ1n) is 8.96. The van der Waals surface area contributed by atoms with Gasteiger partial charge in [-0.3, -0.25) is 4.90 Å². The number of para-hydroxylation sites is 1. The number of likely N-dealkylation sites (tertiary alicyclic amines) is 1. The normalized spacial score (nSPS) is 16.3. The molecule has 0 atom stereocenters. The molecule has 0 radical (unpaired) electrons. The molecule has 1 aliphatic heterocycles. The Morgan fingerprint density at radius 2 is 2.00 bits per heavy atom. The molecule has 0 saturated carbocycles. The molecule has 0 amide bonds. The number of piperidine rings is 1. The summed E-state index contributed by atoms with van der Waals surface area (Å²) in [5.74, 6) is 0.500. The van der Waals surface area contributed by atoms with Crippen LogP contribution in [0.2, 0.25) is 0 Å². The molecule has 1 aromatic carbocycles. The Balaban J connectivity index is 1.25. The fourth-order valence-electron chi connectivity index (χ4n) is 3.47. The zero-order chi connectivity index (χ0) is 18.2. The lowest BCUT2D eigenvalue weighted by Gasteiger charge is -2.30. The lowest BCUT2D eigenvalue weighted by Crippen LogP contribution is -2.37. The maximum absolute atomic E-state index is 12.1. The highest BCUT2D eigenvalue weighted by atomic mass is 32.1. The summed E-state index contributed by atoms with van der Waals surface area (Å²) >= 11 is 3.32. The first-order chi connectivity index (χ1) is 13.3. The van der Waals surface area contributed by atoms with Crippen molar-refractivity contribution in [2.75, 3.05) is 13.1 Å². The highest BCUT2D eigenvalue weighted by Crippen LogP contribution is 2.33. The summed E-state index contributed by atoms with van der Waals surface area (Å²) in [5, 5.41) is 7.52. The van der Waals surface area contributed by atoms with Crippen molar-refractivity contribution in [2.24, 2.45) is 0 Å². The van der Waals surface area contributed by atoms with Crippen LogP contribution in [-0.4, -0.2) is 32.8 Å². The van der Waals surface area contributed by atoms with Crippen LogP contribution >= 0.6 is 22.7 Å². The third-order valence-corrected chi connectivity index (χ3v) is 6.98. The summed E-state index contributed by atoms with van der Waals surface area (Å²) in [6.45, 7) is 2.32. The quantitative estimate of drug-likeness (QED) is 0.520. The van der Waals surface area contributed by atoms with E-state index in [1.165, 1.54) is 25.7 Å². The summed E-state index contributed by atoms with van der Waals surface area (Å²) in [7, 11) is 0. The zero-order valence-electron chi connectivity index (χ0n) is 14.6. The van der Waals surface area contributed by atoms with Gasteiger partial charge in [0.25, 0.3) is 5.89 Å². The first kappa shape index (κ1) is 16.9. The lowest BCUT2D eigenvalue weighted by atomic mass is 9.98. The Morgan fingerprint density at radius 3 is 2.78 bits per heavy atom. The third kappa shape index (κ3) is 3.36. The highest BCUT2D eigenvalue weighted by Gasteiger charge is 2.24. The molecule has 0 spiro atoms. The van der Waals surface area contributed by atoms with Crippen molar-refractivity contribution < 1.29 is 4.42 Å². The minimum Gasteiger partial charge on any atom is -0.387 e. The number of fused-ring (bicyclic) bond motifs is 1. The van der Waals surface area contributed by atoms with Gasteiger partial charge >= 0.3 is 5.76 Å². The maximum Gasteiger partial charge on any atom is 0.438 e. The second-order valence-corrected chi connectivity index (χ2v) is 8.71. The van der Waals surface area contributed by atoms with Crippen molar-refractivity contribution in [3.05, 3.63) is 57.3 Å². The Labute approximate surface area is 163 Å². The number of thiazole rings is 1. The smallest absolute Gasteiger partial charge is 0.387 e. The van der Waals surface area contributed by atoms with Crippen LogP contribution in [0.1, 0.15) is 23.8 Å². The van der Waals surface area contributed by atoms with Crippen molar-refractivity contribution in [1.82, 2.24) is 19.7 Å². The second-order valence-electron chi connectivity index (χ2n) is 6.70. The van der Waals surface area contributed by atoms with Gasteiger partial charge in [0.15, 0.2) is 0 Å². The number of hydrogen-bond donors (Lipinski definition) is 0. The van der Waals surface area contributed by atoms with E-state index in [0.29, 0.717) is 18.5 Å². The maximum atomic E-state index is 12.1. The molecule has 0 unspecified atom stereocenters. The number of aromatic nitrogens is 3. The molecule has 0 N–H and O–H groups in total. The third-order valence-electron chi connectivity index (χ3n) is 4.92. The minimum atomic E-state index is -0.397. The number of thiophene rings is 1. The molecular formula is C19H18N4O2S2. The van der Waals surface area contributed by atoms with Gasteiger partial charge in [0, 0.05) is 19.0 Å². The average Bonchev–Trinajstić information content (AvgIpc) is 3.42. The van der Waals surface area contributed by atoms with Crippen LogP contribution in [0, 0.1) is 0 Å². The van der Waals surface area contributed by atoms with E-state index in [1.54, 1.807) is 11.3 Å². The zero-order valence-corrected chi connectivity index (χ0v) is 16.2. The predicted octanol–water partition coefficient (Wildman–Crippen LogP) is 4.01. The van der Waals surface area contributed by atoms with Crippen LogP contribution in [-0.2, 0) is 6.67 Å². The molecule has 27 heavy (non-hydrogen) atoms. The van der Waals surface area contributed by atoms with Gasteiger partial charge in [-0.2, -0.15) is 4.68 Å². The van der Waals surface area contributed by atoms with E-state index in [2.05, 4.69) is 28.2 Å². The van der Waals surface area contributed by atoms with E-state index < -0.39 is 5.76 Å². The van der Waals surface area contributed by atoms with E-state index >= 15 is 0 Å². The Morgan fingerprint density at radius 1 is 1.15 bits per heavy atom. The predicted molar refractivity (Wildman–Crippen MR) is 107 cm³/mol. The number of rotatable bonds is 4. The molecular weight excluding hydrogens is 380 g/mol. The van der Waals surface area contributed by atoms with Crippen LogP contribution in [0.5, 0.6) is 0 Å². The van der Waals surface area contributed by atoms with E-state index in [0.717, 1.165) is 36.3 Å². The number of hydrogen-bond acceptors (Lipinski definition) is 7. The molecule has 1 fully saturated rings. The fraction of sp³-hybridized carbons (Fsp3) is 0.316. The number of nitrogens with zero attached hydrogens (tertiary/aromatic N) is 4. The summed E-state index contributed by atoms with van der Waals surface area (Å²) in [6.07, 6.45) is 2.09. The van der Waals surface area contributed by atoms with Gasteiger partial charge < -0.3 is 4.42 Å². The van der Waals surface area contributed by atoms with E-state index in [-0.39, 0.29) is 0 Å². The highest BCUT2D eigenvalue weighted by molar-refractivity contribution is 7.18. The summed E-state index contributed by atoms with van der Waals surface area (Å²) in [4.78, 5) is 20.0. The summed E-state index contributed by atoms with van der Waals surface area (Å²) in [6, 6.07) is 12.1. The van der Waals surface area contributed by atoms with Crippen LogP contribution in [0.4, 0.5) is 0 Å². The van der Waals surface area contributed by atoms with Crippen molar-refractivity contribution in [3.8, 4) is 10.8 Å². The molecule has 4 heterocycles. The number of benzene rings is 1. The van der Waals surface area contributed by atoms with E-state index in [1.807, 2.05) is 23.6 Å². The van der Waals surface area contributed by atoms with Crippen molar-refractivity contribution >= 4 is 32.9 Å². The molecule has 4 aromatic rings. The standard InChI is InChI=1S/C19H18N4O2S2/c24-19-23(21-17(25-19)16-6-3-11-26-16)12-22-9-7-13(8-10-22)18-20-14-4-1-2-5-15(14)27-18/h1-6,11,13H,7-10,12H2. The van der Waals surface area contributed by atoms with Crippen molar-refractivity contribution in [2.45, 2.75) is 25.4 Å². The fourth-order valence-corrected chi connectivity index (χ4v) is 5.25.